The molecule has 3 heterocycles. The summed E-state index contributed by atoms with van der Waals surface area (Å²) in [6.45, 7) is 16.2. The number of nitrogens with one attached hydrogen (secondary N) is 2. The van der Waals surface area contributed by atoms with Gasteiger partial charge in [0.2, 0.25) is 5.95 Å². The van der Waals surface area contributed by atoms with E-state index in [2.05, 4.69) is 32.4 Å². The van der Waals surface area contributed by atoms with Crippen LogP contribution in [0, 0.1) is 5.82 Å². The summed E-state index contributed by atoms with van der Waals surface area (Å²) in [5.74, 6) is -0.268. The Morgan fingerprint density at radius 1 is 1.04 bits per heavy atom. The number of hydrogen-bond acceptors (Lipinski definition) is 13. The molecule has 48 heavy (non-hydrogen) atoms. The molecule has 0 unspecified atom stereocenters. The predicted molar refractivity (Wildman–Crippen MR) is 176 cm³/mol. The summed E-state index contributed by atoms with van der Waals surface area (Å²) in [5, 5.41) is 5.77. The molecule has 1 amide bonds. The van der Waals surface area contributed by atoms with Crippen molar-refractivity contribution in [1.29, 1.82) is 0 Å². The van der Waals surface area contributed by atoms with Crippen LogP contribution >= 0.6 is 7.82 Å². The first-order valence-corrected chi connectivity index (χ1v) is 16.2. The van der Waals surface area contributed by atoms with Crippen molar-refractivity contribution in [2.24, 2.45) is 0 Å². The molecule has 2 N–H and O–H groups in total. The lowest BCUT2D eigenvalue weighted by Gasteiger charge is -2.38. The molecule has 0 fully saturated rings. The Hall–Kier alpha value is -4.37. The maximum Gasteiger partial charge on any atom is 0.477 e. The van der Waals surface area contributed by atoms with Crippen molar-refractivity contribution in [2.75, 3.05) is 36.5 Å². The van der Waals surface area contributed by atoms with Crippen molar-refractivity contribution < 1.29 is 46.0 Å². The number of amides is 1. The molecule has 260 valence electrons. The summed E-state index contributed by atoms with van der Waals surface area (Å²) in [6.07, 6.45) is 0.965. The number of carbonyl (C=O) groups excluding carboxylic acids is 2. The average Bonchev–Trinajstić information content (AvgIpc) is 2.96. The van der Waals surface area contributed by atoms with Gasteiger partial charge >= 0.3 is 13.6 Å². The molecular weight excluding hydrogens is 650 g/mol. The van der Waals surface area contributed by atoms with Gasteiger partial charge in [-0.3, -0.25) is 23.3 Å². The molecule has 0 saturated carbocycles. The number of pyridine rings is 1. The van der Waals surface area contributed by atoms with Crippen LogP contribution < -0.4 is 29.7 Å². The molecule has 1 aromatic carbocycles. The molecule has 0 spiro atoms. The number of fused-ring (bicyclic) bond motifs is 1. The first kappa shape index (κ1) is 36.5. The van der Waals surface area contributed by atoms with Crippen molar-refractivity contribution in [3.63, 3.8) is 0 Å². The molecule has 15 nitrogen and oxygen atoms in total. The van der Waals surface area contributed by atoms with Crippen molar-refractivity contribution >= 4 is 49.6 Å². The summed E-state index contributed by atoms with van der Waals surface area (Å²) in [4.78, 5) is 27.4. The van der Waals surface area contributed by atoms with E-state index in [1.54, 1.807) is 73.6 Å². The lowest BCUT2D eigenvalue weighted by Crippen LogP contribution is -2.53. The number of methoxy groups -OCH3 is 2. The molecule has 1 aliphatic rings. The van der Waals surface area contributed by atoms with Crippen LogP contribution in [0.1, 0.15) is 55.4 Å². The molecule has 4 rings (SSSR count). The minimum Gasteiger partial charge on any atom is -0.492 e. The Morgan fingerprint density at radius 2 is 1.71 bits per heavy atom. The van der Waals surface area contributed by atoms with Crippen LogP contribution in [0.25, 0.3) is 0 Å². The predicted octanol–water partition coefficient (Wildman–Crippen LogP) is 6.81. The van der Waals surface area contributed by atoms with Crippen LogP contribution in [0.3, 0.4) is 0 Å². The average molecular weight is 692 g/mol. The van der Waals surface area contributed by atoms with E-state index in [0.717, 1.165) is 11.1 Å². The molecule has 3 aromatic rings. The number of rotatable bonds is 12. The zero-order valence-electron chi connectivity index (χ0n) is 28.6. The molecule has 0 bridgehead atoms. The highest BCUT2D eigenvalue weighted by Gasteiger charge is 2.44. The van der Waals surface area contributed by atoms with E-state index in [1.807, 2.05) is 0 Å². The van der Waals surface area contributed by atoms with Gasteiger partial charge in [-0.05, 0) is 67.5 Å². The second kappa shape index (κ2) is 13.6. The van der Waals surface area contributed by atoms with Crippen LogP contribution in [-0.2, 0) is 27.4 Å². The Bertz CT molecular complexity index is 1720. The maximum atomic E-state index is 15.0. The minimum absolute atomic E-state index is 0.0150. The standard InChI is InChI=1S/C31H41FN6O9P/c1-29(2,3)46-48(40,47-30(4,5)6)44-17-38-26-20(45-31(7,8)27(38)39)12-13-23(36-26)35-25-19(32)16-33-28(37-25)34-18-14-21(41-9)24(43-11)22(15-18)42-10/h12-16H,9,17H2,1-8,10-11H3,(H2,33,34,35,36,37)/q+1. The van der Waals surface area contributed by atoms with Gasteiger partial charge in [0, 0.05) is 6.07 Å². The number of aromatic nitrogens is 3. The summed E-state index contributed by atoms with van der Waals surface area (Å²) in [6, 6.07) is 6.25. The monoisotopic (exact) mass is 691 g/mol. The third-order valence-corrected chi connectivity index (χ3v) is 8.16. The summed E-state index contributed by atoms with van der Waals surface area (Å²) < 4.78 is 67.5. The zero-order chi connectivity index (χ0) is 35.7. The molecule has 0 aliphatic carbocycles. The fraction of sp³-hybridized carbons (Fsp3) is 0.452. The molecule has 0 saturated heterocycles. The largest absolute Gasteiger partial charge is 0.492 e. The fourth-order valence-corrected chi connectivity index (χ4v) is 6.12. The van der Waals surface area contributed by atoms with Gasteiger partial charge in [-0.25, -0.2) is 23.3 Å². The number of carbonyl (C=O) groups is 1. The third kappa shape index (κ3) is 8.75. The Kier molecular flexibility index (Phi) is 10.4. The van der Waals surface area contributed by atoms with Crippen LogP contribution in [0.15, 0.2) is 30.5 Å². The van der Waals surface area contributed by atoms with Crippen molar-refractivity contribution in [2.45, 2.75) is 72.2 Å². The lowest BCUT2D eigenvalue weighted by atomic mass is 10.1. The summed E-state index contributed by atoms with van der Waals surface area (Å²) >= 11 is 0. The number of nitrogens with zero attached hydrogens (tertiary/aromatic N) is 4. The highest BCUT2D eigenvalue weighted by Crippen LogP contribution is 2.56. The summed E-state index contributed by atoms with van der Waals surface area (Å²) in [7, 11) is -1.29. The Balaban J connectivity index is 1.64. The molecule has 0 atom stereocenters. The van der Waals surface area contributed by atoms with Crippen molar-refractivity contribution in [1.82, 2.24) is 15.0 Å². The second-order valence-corrected chi connectivity index (χ2v) is 14.5. The molecule has 0 radical (unpaired) electrons. The number of hydrogen-bond donors (Lipinski definition) is 2. The third-order valence-electron chi connectivity index (χ3n) is 6.18. The molecule has 1 aliphatic heterocycles. The van der Waals surface area contributed by atoms with Crippen molar-refractivity contribution in [3.05, 3.63) is 36.3 Å². The van der Waals surface area contributed by atoms with Gasteiger partial charge in [-0.2, -0.15) is 4.98 Å². The number of ether oxygens (including phenoxy) is 3. The lowest BCUT2D eigenvalue weighted by molar-refractivity contribution is -0.356. The topological polar surface area (TPSA) is 167 Å². The molecule has 2 aromatic heterocycles. The number of anilines is 5. The van der Waals surface area contributed by atoms with Crippen LogP contribution in [0.5, 0.6) is 23.0 Å². The fourth-order valence-electron chi connectivity index (χ4n) is 4.38. The SMILES string of the molecule is C=[O+]c1cc(Nc2ncc(F)c(Nc3ccc4c(n3)N(COP(=O)(OC(C)(C)C)OC(C)(C)C)C(=O)C(C)(C)O4)n2)cc(OC)c1OC. The van der Waals surface area contributed by atoms with Crippen LogP contribution in [-0.4, -0.2) is 65.4 Å². The number of phosphoric ester groups is 1. The quantitative estimate of drug-likeness (QED) is 0.150. The first-order chi connectivity index (χ1) is 22.3. The van der Waals surface area contributed by atoms with E-state index in [1.165, 1.54) is 20.3 Å². The van der Waals surface area contributed by atoms with E-state index in [9.17, 15) is 13.8 Å². The minimum atomic E-state index is -4.21. The normalized spacial score (nSPS) is 14.6. The first-order valence-electron chi connectivity index (χ1n) is 14.7. The van der Waals surface area contributed by atoms with Gasteiger partial charge in [0.05, 0.1) is 43.4 Å². The molecule has 17 heteroatoms. The second-order valence-electron chi connectivity index (χ2n) is 13.0. The van der Waals surface area contributed by atoms with Gasteiger partial charge in [0.1, 0.15) is 12.5 Å². The van der Waals surface area contributed by atoms with Crippen molar-refractivity contribution in [3.8, 4) is 23.0 Å². The van der Waals surface area contributed by atoms with Gasteiger partial charge in [0.15, 0.2) is 34.6 Å². The van der Waals surface area contributed by atoms with E-state index >= 15 is 0 Å². The van der Waals surface area contributed by atoms with E-state index in [-0.39, 0.29) is 34.9 Å². The summed E-state index contributed by atoms with van der Waals surface area (Å²) in [5.41, 5.74) is -2.69. The maximum absolute atomic E-state index is 15.0. The van der Waals surface area contributed by atoms with Gasteiger partial charge in [-0.1, -0.05) is 0 Å². The molecular formula is C31H41FN6O9P+. The van der Waals surface area contributed by atoms with Gasteiger partial charge in [-0.15, -0.1) is 0 Å². The Morgan fingerprint density at radius 3 is 2.29 bits per heavy atom. The highest BCUT2D eigenvalue weighted by molar-refractivity contribution is 7.48. The zero-order valence-corrected chi connectivity index (χ0v) is 29.5. The van der Waals surface area contributed by atoms with Crippen LogP contribution in [0.4, 0.5) is 33.5 Å². The van der Waals surface area contributed by atoms with Gasteiger partial charge < -0.3 is 24.8 Å². The van der Waals surface area contributed by atoms with E-state index < -0.39 is 43.1 Å². The number of phosphoric acid groups is 1. The number of benzene rings is 1. The Labute approximate surface area is 278 Å². The van der Waals surface area contributed by atoms with Crippen LogP contribution in [0.2, 0.25) is 0 Å². The van der Waals surface area contributed by atoms with E-state index in [0.29, 0.717) is 17.2 Å². The van der Waals surface area contributed by atoms with E-state index in [4.69, 9.17) is 32.2 Å². The van der Waals surface area contributed by atoms with Gasteiger partial charge in [0.25, 0.3) is 18.4 Å². The smallest absolute Gasteiger partial charge is 0.477 e. The number of halogens is 1. The highest BCUT2D eigenvalue weighted by atomic mass is 31.2.